The molecule has 1 aromatic heterocycles. The molecule has 0 fully saturated rings. The summed E-state index contributed by atoms with van der Waals surface area (Å²) in [7, 11) is -4.13. The summed E-state index contributed by atoms with van der Waals surface area (Å²) >= 11 is 1.22. The van der Waals surface area contributed by atoms with E-state index in [2.05, 4.69) is 10.3 Å². The number of halogens is 1. The average Bonchev–Trinajstić information content (AvgIpc) is 3.41. The standard InChI is InChI=1S/C28H26FN3O5S2/c1-3-32(4-2)39(35,36)25-16-22(14-15-23(25)29)27(34)37-17-26(33)31-28-30-24(18-38-28)21-12-10-20(11-13-21)19-8-6-5-7-9-19/h5-16,18H,3-4,17H2,1-2H3,(H,30,31,33). The van der Waals surface area contributed by atoms with Crippen LogP contribution in [-0.4, -0.2) is 49.3 Å². The first-order chi connectivity index (χ1) is 18.7. The van der Waals surface area contributed by atoms with Gasteiger partial charge in [0.15, 0.2) is 11.7 Å². The first-order valence-corrected chi connectivity index (χ1v) is 14.4. The lowest BCUT2D eigenvalue weighted by Crippen LogP contribution is -2.31. The highest BCUT2D eigenvalue weighted by atomic mass is 32.2. The van der Waals surface area contributed by atoms with Crippen LogP contribution in [0.4, 0.5) is 9.52 Å². The summed E-state index contributed by atoms with van der Waals surface area (Å²) in [5.41, 5.74) is 3.55. The maximum Gasteiger partial charge on any atom is 0.338 e. The third-order valence-electron chi connectivity index (χ3n) is 5.86. The molecule has 39 heavy (non-hydrogen) atoms. The predicted molar refractivity (Wildman–Crippen MR) is 148 cm³/mol. The maximum absolute atomic E-state index is 14.3. The quantitative estimate of drug-likeness (QED) is 0.256. The molecular formula is C28H26FN3O5S2. The molecule has 1 N–H and O–H groups in total. The second kappa shape index (κ2) is 12.3. The molecule has 11 heteroatoms. The normalized spacial score (nSPS) is 11.4. The first kappa shape index (κ1) is 28.1. The van der Waals surface area contributed by atoms with Gasteiger partial charge in [0.05, 0.1) is 11.3 Å². The Kier molecular flexibility index (Phi) is 8.85. The molecule has 0 aliphatic heterocycles. The SMILES string of the molecule is CCN(CC)S(=O)(=O)c1cc(C(=O)OCC(=O)Nc2nc(-c3ccc(-c4ccccc4)cc3)cs2)ccc1F. The van der Waals surface area contributed by atoms with Crippen molar-refractivity contribution in [1.29, 1.82) is 0 Å². The van der Waals surface area contributed by atoms with Crippen molar-refractivity contribution in [3.05, 3.63) is 89.6 Å². The molecule has 202 valence electrons. The monoisotopic (exact) mass is 567 g/mol. The van der Waals surface area contributed by atoms with Gasteiger partial charge in [0, 0.05) is 24.0 Å². The summed E-state index contributed by atoms with van der Waals surface area (Å²) in [6, 6.07) is 20.8. The van der Waals surface area contributed by atoms with Crippen LogP contribution >= 0.6 is 11.3 Å². The number of hydrogen-bond donors (Lipinski definition) is 1. The number of benzene rings is 3. The van der Waals surface area contributed by atoms with Gasteiger partial charge in [0.2, 0.25) is 10.0 Å². The summed E-state index contributed by atoms with van der Waals surface area (Å²) in [6.45, 7) is 2.91. The number of thiazole rings is 1. The molecule has 8 nitrogen and oxygen atoms in total. The lowest BCUT2D eigenvalue weighted by Gasteiger charge is -2.19. The Labute approximate surface area is 230 Å². The van der Waals surface area contributed by atoms with Crippen molar-refractivity contribution in [3.63, 3.8) is 0 Å². The number of esters is 1. The second-order valence-electron chi connectivity index (χ2n) is 8.34. The number of rotatable bonds is 10. The van der Waals surface area contributed by atoms with Crippen LogP contribution < -0.4 is 5.32 Å². The van der Waals surface area contributed by atoms with E-state index in [1.54, 1.807) is 19.2 Å². The van der Waals surface area contributed by atoms with Crippen molar-refractivity contribution in [3.8, 4) is 22.4 Å². The van der Waals surface area contributed by atoms with E-state index in [1.807, 2.05) is 54.6 Å². The van der Waals surface area contributed by atoms with Gasteiger partial charge in [-0.2, -0.15) is 4.31 Å². The minimum Gasteiger partial charge on any atom is -0.452 e. The summed E-state index contributed by atoms with van der Waals surface area (Å²) in [6.07, 6.45) is 0. The zero-order valence-electron chi connectivity index (χ0n) is 21.3. The Morgan fingerprint density at radius 1 is 0.949 bits per heavy atom. The van der Waals surface area contributed by atoms with Crippen LogP contribution in [0.5, 0.6) is 0 Å². The van der Waals surface area contributed by atoms with Crippen LogP contribution in [-0.2, 0) is 19.6 Å². The van der Waals surface area contributed by atoms with Crippen molar-refractivity contribution < 1.29 is 27.1 Å². The fraction of sp³-hybridized carbons (Fsp3) is 0.179. The summed E-state index contributed by atoms with van der Waals surface area (Å²) in [4.78, 5) is 28.6. The number of carbonyl (C=O) groups excluding carboxylic acids is 2. The van der Waals surface area contributed by atoms with Crippen molar-refractivity contribution in [1.82, 2.24) is 9.29 Å². The third kappa shape index (κ3) is 6.56. The molecule has 1 amide bonds. The van der Waals surface area contributed by atoms with Gasteiger partial charge in [-0.1, -0.05) is 68.4 Å². The van der Waals surface area contributed by atoms with E-state index < -0.39 is 39.2 Å². The molecule has 1 heterocycles. The zero-order valence-corrected chi connectivity index (χ0v) is 22.9. The summed E-state index contributed by atoms with van der Waals surface area (Å²) in [5.74, 6) is -2.56. The van der Waals surface area contributed by atoms with Crippen LogP contribution in [0, 0.1) is 5.82 Å². The molecule has 0 atom stereocenters. The van der Waals surface area contributed by atoms with E-state index >= 15 is 0 Å². The zero-order chi connectivity index (χ0) is 28.0. The molecule has 0 radical (unpaired) electrons. The van der Waals surface area contributed by atoms with E-state index in [9.17, 15) is 22.4 Å². The fourth-order valence-corrected chi connectivity index (χ4v) is 6.11. The molecule has 4 aromatic rings. The molecule has 4 rings (SSSR count). The number of anilines is 1. The number of nitrogens with zero attached hydrogens (tertiary/aromatic N) is 2. The van der Waals surface area contributed by atoms with Gasteiger partial charge in [-0.25, -0.2) is 22.6 Å². The Hall–Kier alpha value is -3.93. The minimum absolute atomic E-state index is 0.143. The highest BCUT2D eigenvalue weighted by molar-refractivity contribution is 7.89. The molecule has 0 aliphatic carbocycles. The van der Waals surface area contributed by atoms with Crippen LogP contribution in [0.3, 0.4) is 0 Å². The van der Waals surface area contributed by atoms with Gasteiger partial charge in [0.25, 0.3) is 5.91 Å². The van der Waals surface area contributed by atoms with Crippen molar-refractivity contribution in [2.75, 3.05) is 25.0 Å². The first-order valence-electron chi connectivity index (χ1n) is 12.1. The van der Waals surface area contributed by atoms with E-state index in [0.29, 0.717) is 10.8 Å². The smallest absolute Gasteiger partial charge is 0.338 e. The summed E-state index contributed by atoms with van der Waals surface area (Å²) in [5, 5.41) is 4.71. The van der Waals surface area contributed by atoms with Crippen molar-refractivity contribution in [2.45, 2.75) is 18.7 Å². The Morgan fingerprint density at radius 3 is 2.26 bits per heavy atom. The average molecular weight is 568 g/mol. The molecule has 0 bridgehead atoms. The van der Waals surface area contributed by atoms with E-state index in [1.165, 1.54) is 11.3 Å². The lowest BCUT2D eigenvalue weighted by molar-refractivity contribution is -0.119. The van der Waals surface area contributed by atoms with Gasteiger partial charge in [-0.05, 0) is 29.3 Å². The lowest BCUT2D eigenvalue weighted by atomic mass is 10.0. The van der Waals surface area contributed by atoms with Gasteiger partial charge in [-0.3, -0.25) is 10.1 Å². The van der Waals surface area contributed by atoms with Crippen LogP contribution in [0.15, 0.2) is 83.1 Å². The predicted octanol–water partition coefficient (Wildman–Crippen LogP) is 5.44. The van der Waals surface area contributed by atoms with Gasteiger partial charge < -0.3 is 4.74 Å². The van der Waals surface area contributed by atoms with Crippen LogP contribution in [0.1, 0.15) is 24.2 Å². The number of amides is 1. The highest BCUT2D eigenvalue weighted by Crippen LogP contribution is 2.28. The van der Waals surface area contributed by atoms with Gasteiger partial charge >= 0.3 is 5.97 Å². The van der Waals surface area contributed by atoms with Crippen molar-refractivity contribution in [2.24, 2.45) is 0 Å². The van der Waals surface area contributed by atoms with Gasteiger partial charge in [0.1, 0.15) is 10.7 Å². The van der Waals surface area contributed by atoms with Crippen molar-refractivity contribution >= 4 is 38.4 Å². The Bertz CT molecular complexity index is 1570. The number of nitrogens with one attached hydrogen (secondary N) is 1. The molecule has 0 saturated carbocycles. The fourth-order valence-electron chi connectivity index (χ4n) is 3.83. The van der Waals surface area contributed by atoms with E-state index in [4.69, 9.17) is 4.74 Å². The summed E-state index contributed by atoms with van der Waals surface area (Å²) < 4.78 is 45.8. The number of sulfonamides is 1. The maximum atomic E-state index is 14.3. The molecule has 0 aliphatic rings. The number of carbonyl (C=O) groups is 2. The molecular weight excluding hydrogens is 541 g/mol. The number of aromatic nitrogens is 1. The molecule has 0 spiro atoms. The molecule has 0 saturated heterocycles. The topological polar surface area (TPSA) is 106 Å². The van der Waals surface area contributed by atoms with Gasteiger partial charge in [-0.15, -0.1) is 11.3 Å². The number of ether oxygens (including phenoxy) is 1. The highest BCUT2D eigenvalue weighted by Gasteiger charge is 2.27. The van der Waals surface area contributed by atoms with Crippen LogP contribution in [0.25, 0.3) is 22.4 Å². The minimum atomic E-state index is -4.13. The van der Waals surface area contributed by atoms with E-state index in [0.717, 1.165) is 39.2 Å². The molecule has 0 unspecified atom stereocenters. The third-order valence-corrected chi connectivity index (χ3v) is 8.69. The number of hydrogen-bond acceptors (Lipinski definition) is 7. The second-order valence-corrected chi connectivity index (χ2v) is 11.1. The van der Waals surface area contributed by atoms with E-state index in [-0.39, 0.29) is 18.7 Å². The molecule has 3 aromatic carbocycles. The largest absolute Gasteiger partial charge is 0.452 e. The Balaban J connectivity index is 1.36. The Morgan fingerprint density at radius 2 is 1.59 bits per heavy atom. The van der Waals surface area contributed by atoms with Crippen LogP contribution in [0.2, 0.25) is 0 Å².